The molecule has 6 nitrogen and oxygen atoms in total. The van der Waals surface area contributed by atoms with Gasteiger partial charge in [-0.25, -0.2) is 4.68 Å². The van der Waals surface area contributed by atoms with Gasteiger partial charge in [0.1, 0.15) is 5.57 Å². The fourth-order valence-electron chi connectivity index (χ4n) is 2.29. The molecule has 1 N–H and O–H groups in total. The maximum Gasteiger partial charge on any atom is 0.265 e. The van der Waals surface area contributed by atoms with E-state index in [1.54, 1.807) is 23.2 Å². The highest BCUT2D eigenvalue weighted by atomic mass is 32.1. The molecule has 0 unspecified atom stereocenters. The number of hydrogen-bond donors (Lipinski definition) is 1. The Morgan fingerprint density at radius 1 is 1.25 bits per heavy atom. The smallest absolute Gasteiger partial charge is 0.265 e. The van der Waals surface area contributed by atoms with Gasteiger partial charge in [-0.2, -0.15) is 5.10 Å². The van der Waals surface area contributed by atoms with Gasteiger partial charge in [0, 0.05) is 18.3 Å². The summed E-state index contributed by atoms with van der Waals surface area (Å²) < 4.78 is 1.67. The summed E-state index contributed by atoms with van der Waals surface area (Å²) in [5, 5.41) is 6.84. The zero-order chi connectivity index (χ0) is 17.1. The van der Waals surface area contributed by atoms with Gasteiger partial charge in [0.05, 0.1) is 11.9 Å². The van der Waals surface area contributed by atoms with E-state index in [1.807, 2.05) is 30.3 Å². The van der Waals surface area contributed by atoms with Crippen LogP contribution in [0, 0.1) is 0 Å². The van der Waals surface area contributed by atoms with E-state index in [2.05, 4.69) is 17.0 Å². The molecule has 2 amide bonds. The van der Waals surface area contributed by atoms with E-state index in [-0.39, 0.29) is 17.2 Å². The Kier molecular flexibility index (Phi) is 4.35. The third-order valence-electron chi connectivity index (χ3n) is 3.43. The van der Waals surface area contributed by atoms with Gasteiger partial charge in [0.2, 0.25) is 0 Å². The molecule has 0 bridgehead atoms. The van der Waals surface area contributed by atoms with Crippen molar-refractivity contribution < 1.29 is 9.59 Å². The molecule has 2 heterocycles. The number of aromatic nitrogens is 2. The Balaban J connectivity index is 1.91. The van der Waals surface area contributed by atoms with Crippen LogP contribution in [0.4, 0.5) is 0 Å². The number of hydrogen-bond acceptors (Lipinski definition) is 4. The first-order valence-corrected chi connectivity index (χ1v) is 7.61. The minimum absolute atomic E-state index is 0.0121. The quantitative estimate of drug-likeness (QED) is 0.399. The van der Waals surface area contributed by atoms with Crippen LogP contribution in [0.5, 0.6) is 0 Å². The Morgan fingerprint density at radius 2 is 2.00 bits per heavy atom. The average Bonchev–Trinajstić information content (AvgIpc) is 3.05. The first-order chi connectivity index (χ1) is 11.6. The van der Waals surface area contributed by atoms with Crippen molar-refractivity contribution in [2.75, 3.05) is 6.54 Å². The molecule has 1 aromatic heterocycles. The van der Waals surface area contributed by atoms with Crippen molar-refractivity contribution in [1.29, 1.82) is 0 Å². The molecule has 24 heavy (non-hydrogen) atoms. The Hall–Kier alpha value is -3.06. The second kappa shape index (κ2) is 6.59. The number of amides is 2. The number of para-hydroxylation sites is 1. The molecule has 1 fully saturated rings. The van der Waals surface area contributed by atoms with Crippen molar-refractivity contribution in [2.24, 2.45) is 0 Å². The minimum atomic E-state index is -0.516. The fraction of sp³-hybridized carbons (Fsp3) is 0.0588. The summed E-state index contributed by atoms with van der Waals surface area (Å²) in [6.45, 7) is 3.82. The van der Waals surface area contributed by atoms with E-state index in [1.165, 1.54) is 11.0 Å². The van der Waals surface area contributed by atoms with E-state index >= 15 is 0 Å². The summed E-state index contributed by atoms with van der Waals surface area (Å²) in [7, 11) is 0. The highest BCUT2D eigenvalue weighted by Gasteiger charge is 2.32. The van der Waals surface area contributed by atoms with Crippen molar-refractivity contribution in [3.05, 3.63) is 66.5 Å². The lowest BCUT2D eigenvalue weighted by molar-refractivity contribution is -0.128. The van der Waals surface area contributed by atoms with Gasteiger partial charge >= 0.3 is 0 Å². The van der Waals surface area contributed by atoms with E-state index in [4.69, 9.17) is 12.2 Å². The van der Waals surface area contributed by atoms with Crippen LogP contribution in [-0.2, 0) is 9.59 Å². The van der Waals surface area contributed by atoms with Crippen molar-refractivity contribution in [3.63, 3.8) is 0 Å². The number of nitrogens with one attached hydrogen (secondary N) is 1. The van der Waals surface area contributed by atoms with Crippen molar-refractivity contribution in [2.45, 2.75) is 0 Å². The van der Waals surface area contributed by atoms with E-state index < -0.39 is 11.8 Å². The molecule has 0 radical (unpaired) electrons. The maximum absolute atomic E-state index is 12.5. The van der Waals surface area contributed by atoms with Crippen LogP contribution in [-0.4, -0.2) is 38.2 Å². The van der Waals surface area contributed by atoms with E-state index in [0.29, 0.717) is 5.56 Å². The number of nitrogens with zero attached hydrogens (tertiary/aromatic N) is 3. The van der Waals surface area contributed by atoms with Gasteiger partial charge < -0.3 is 0 Å². The molecule has 120 valence electrons. The molecule has 0 atom stereocenters. The molecule has 0 saturated carbocycles. The molecule has 0 spiro atoms. The average molecular weight is 338 g/mol. The first-order valence-electron chi connectivity index (χ1n) is 7.20. The minimum Gasteiger partial charge on any atom is -0.298 e. The summed E-state index contributed by atoms with van der Waals surface area (Å²) in [4.78, 5) is 25.8. The largest absolute Gasteiger partial charge is 0.298 e. The fourth-order valence-corrected chi connectivity index (χ4v) is 2.54. The molecule has 1 saturated heterocycles. The first kappa shape index (κ1) is 15.8. The van der Waals surface area contributed by atoms with Gasteiger partial charge in [-0.3, -0.25) is 19.8 Å². The highest BCUT2D eigenvalue weighted by Crippen LogP contribution is 2.15. The van der Waals surface area contributed by atoms with Crippen molar-refractivity contribution in [3.8, 4) is 5.69 Å². The molecule has 1 aliphatic heterocycles. The van der Waals surface area contributed by atoms with Crippen LogP contribution in [0.1, 0.15) is 5.56 Å². The van der Waals surface area contributed by atoms with Gasteiger partial charge in [-0.05, 0) is 30.4 Å². The predicted molar refractivity (Wildman–Crippen MR) is 94.2 cm³/mol. The van der Waals surface area contributed by atoms with E-state index in [0.717, 1.165) is 5.69 Å². The van der Waals surface area contributed by atoms with Gasteiger partial charge in [-0.15, -0.1) is 6.58 Å². The molecule has 1 aliphatic rings. The zero-order valence-corrected chi connectivity index (χ0v) is 13.5. The highest BCUT2D eigenvalue weighted by molar-refractivity contribution is 7.80. The third-order valence-corrected chi connectivity index (χ3v) is 3.75. The predicted octanol–water partition coefficient (Wildman–Crippen LogP) is 1.68. The van der Waals surface area contributed by atoms with Crippen LogP contribution in [0.25, 0.3) is 11.8 Å². The Labute approximate surface area is 144 Å². The summed E-state index contributed by atoms with van der Waals surface area (Å²) in [5.41, 5.74) is 1.54. The van der Waals surface area contributed by atoms with Crippen molar-refractivity contribution >= 4 is 35.2 Å². The molecule has 7 heteroatoms. The molecule has 0 aliphatic carbocycles. The summed E-state index contributed by atoms with van der Waals surface area (Å²) in [6, 6.07) is 9.54. The van der Waals surface area contributed by atoms with Crippen LogP contribution >= 0.6 is 12.2 Å². The normalized spacial score (nSPS) is 16.4. The Morgan fingerprint density at radius 3 is 2.71 bits per heavy atom. The molecular weight excluding hydrogens is 324 g/mol. The Bertz CT molecular complexity index is 854. The van der Waals surface area contributed by atoms with Gasteiger partial charge in [-0.1, -0.05) is 24.3 Å². The van der Waals surface area contributed by atoms with Gasteiger partial charge in [0.25, 0.3) is 11.8 Å². The zero-order valence-electron chi connectivity index (χ0n) is 12.7. The molecule has 3 rings (SSSR count). The lowest BCUT2D eigenvalue weighted by Gasteiger charge is -2.27. The second-order valence-corrected chi connectivity index (χ2v) is 5.46. The lowest BCUT2D eigenvalue weighted by atomic mass is 10.1. The SMILES string of the molecule is C=CCN1C(=O)/C(=C\c2cnn(-c3ccccc3)c2)C(=O)NC1=S. The monoisotopic (exact) mass is 338 g/mol. The second-order valence-electron chi connectivity index (χ2n) is 5.08. The third kappa shape index (κ3) is 3.02. The number of carbonyl (C=O) groups is 2. The maximum atomic E-state index is 12.5. The van der Waals surface area contributed by atoms with Crippen LogP contribution < -0.4 is 5.32 Å². The van der Waals surface area contributed by atoms with Crippen molar-refractivity contribution in [1.82, 2.24) is 20.0 Å². The number of carbonyl (C=O) groups excluding carboxylic acids is 2. The summed E-state index contributed by atoms with van der Waals surface area (Å²) in [6.07, 6.45) is 6.38. The van der Waals surface area contributed by atoms with E-state index in [9.17, 15) is 9.59 Å². The van der Waals surface area contributed by atoms with Crippen LogP contribution in [0.3, 0.4) is 0 Å². The topological polar surface area (TPSA) is 67.2 Å². The summed E-state index contributed by atoms with van der Waals surface area (Å²) in [5.74, 6) is -0.964. The van der Waals surface area contributed by atoms with Crippen LogP contribution in [0.2, 0.25) is 0 Å². The lowest BCUT2D eigenvalue weighted by Crippen LogP contribution is -2.53. The molecular formula is C17H14N4O2S. The molecule has 2 aromatic rings. The number of benzene rings is 1. The summed E-state index contributed by atoms with van der Waals surface area (Å²) >= 11 is 5.01. The molecule has 1 aromatic carbocycles. The van der Waals surface area contributed by atoms with Crippen LogP contribution in [0.15, 0.2) is 61.0 Å². The number of rotatable bonds is 4. The van der Waals surface area contributed by atoms with Gasteiger partial charge in [0.15, 0.2) is 5.11 Å². The number of thiocarbonyl (C=S) groups is 1. The standard InChI is InChI=1S/C17H14N4O2S/c1-2-8-20-16(23)14(15(22)19-17(20)24)9-12-10-18-21(11-12)13-6-4-3-5-7-13/h2-7,9-11H,1,8H2,(H,19,22,24)/b14-9-.